The van der Waals surface area contributed by atoms with E-state index >= 15 is 0 Å². The van der Waals surface area contributed by atoms with Gasteiger partial charge in [0.1, 0.15) is 12.3 Å². The van der Waals surface area contributed by atoms with Crippen molar-refractivity contribution in [1.29, 1.82) is 0 Å². The molecule has 1 aromatic carbocycles. The molecule has 0 atom stereocenters. The Labute approximate surface area is 140 Å². The van der Waals surface area contributed by atoms with Gasteiger partial charge in [-0.1, -0.05) is 6.07 Å². The van der Waals surface area contributed by atoms with Crippen molar-refractivity contribution in [3.8, 4) is 5.75 Å². The molecule has 7 heteroatoms. The molecule has 24 heavy (non-hydrogen) atoms. The Morgan fingerprint density at radius 3 is 2.83 bits per heavy atom. The fourth-order valence-corrected chi connectivity index (χ4v) is 2.79. The number of anilines is 1. The lowest BCUT2D eigenvalue weighted by molar-refractivity contribution is -0.134. The maximum Gasteiger partial charge on any atom is 0.322 e. The number of methoxy groups -OCH3 is 1. The second-order valence-electron chi connectivity index (χ2n) is 5.76. The number of hydrogen-bond acceptors (Lipinski definition) is 6. The molecule has 0 amide bonds. The molecule has 126 valence electrons. The van der Waals surface area contributed by atoms with Crippen molar-refractivity contribution < 1.29 is 14.6 Å². The van der Waals surface area contributed by atoms with Crippen LogP contribution < -0.4 is 10.1 Å². The number of aliphatic carboxylic acids is 1. The van der Waals surface area contributed by atoms with Crippen molar-refractivity contribution in [3.05, 3.63) is 47.3 Å². The summed E-state index contributed by atoms with van der Waals surface area (Å²) in [5.41, 5.74) is 3.67. The number of carbonyl (C=O) groups is 1. The van der Waals surface area contributed by atoms with Gasteiger partial charge in [0.15, 0.2) is 0 Å². The largest absolute Gasteiger partial charge is 0.497 e. The molecule has 2 N–H and O–H groups in total. The van der Waals surface area contributed by atoms with Crippen molar-refractivity contribution >= 4 is 11.9 Å². The summed E-state index contributed by atoms with van der Waals surface area (Å²) in [7, 11) is 1.69. The van der Waals surface area contributed by atoms with Crippen molar-refractivity contribution in [3.63, 3.8) is 0 Å². The van der Waals surface area contributed by atoms with Gasteiger partial charge in [0.2, 0.25) is 5.95 Å². The highest BCUT2D eigenvalue weighted by atomic mass is 16.5. The third-order valence-electron chi connectivity index (χ3n) is 4.01. The quantitative estimate of drug-likeness (QED) is 0.831. The average Bonchev–Trinajstić information content (AvgIpc) is 2.60. The number of hydrogen-bond donors (Lipinski definition) is 2. The van der Waals surface area contributed by atoms with Crippen LogP contribution in [-0.2, 0) is 24.3 Å². The predicted octanol–water partition coefficient (Wildman–Crippen LogP) is 1.54. The summed E-state index contributed by atoms with van der Waals surface area (Å²) in [6, 6.07) is 6.23. The summed E-state index contributed by atoms with van der Waals surface area (Å²) >= 11 is 0. The van der Waals surface area contributed by atoms with E-state index in [1.54, 1.807) is 19.5 Å². The highest BCUT2D eigenvalue weighted by Crippen LogP contribution is 2.24. The summed E-state index contributed by atoms with van der Waals surface area (Å²) in [5.74, 6) is 0.295. The van der Waals surface area contributed by atoms with Crippen LogP contribution in [0.2, 0.25) is 0 Å². The number of ether oxygens (including phenoxy) is 1. The Morgan fingerprint density at radius 2 is 2.12 bits per heavy atom. The number of carboxylic acid groups (broad SMARTS) is 1. The smallest absolute Gasteiger partial charge is 0.322 e. The lowest BCUT2D eigenvalue weighted by Crippen LogP contribution is -2.30. The van der Waals surface area contributed by atoms with Crippen LogP contribution in [-0.4, -0.2) is 46.1 Å². The second-order valence-corrected chi connectivity index (χ2v) is 5.76. The minimum absolute atomic E-state index is 0.189. The van der Waals surface area contributed by atoms with Crippen molar-refractivity contribution in [2.75, 3.05) is 25.5 Å². The van der Waals surface area contributed by atoms with E-state index < -0.39 is 5.97 Å². The Balaban J connectivity index is 1.59. The zero-order chi connectivity index (χ0) is 16.9. The van der Waals surface area contributed by atoms with Crippen molar-refractivity contribution in [2.24, 2.45) is 0 Å². The molecule has 7 nitrogen and oxygen atoms in total. The lowest BCUT2D eigenvalue weighted by atomic mass is 9.99. The molecule has 0 saturated carbocycles. The van der Waals surface area contributed by atoms with Crippen LogP contribution in [0.15, 0.2) is 30.6 Å². The number of benzene rings is 1. The highest BCUT2D eigenvalue weighted by Gasteiger charge is 2.17. The Bertz CT molecular complexity index is 718. The number of nitrogens with one attached hydrogen (secondary N) is 1. The van der Waals surface area contributed by atoms with Crippen LogP contribution in [0.25, 0.3) is 0 Å². The molecule has 0 saturated heterocycles. The van der Waals surface area contributed by atoms with Crippen LogP contribution in [0.3, 0.4) is 0 Å². The van der Waals surface area contributed by atoms with Crippen LogP contribution in [0.4, 0.5) is 5.95 Å². The molecular formula is C17H20N4O3. The molecule has 0 fully saturated rings. The minimum Gasteiger partial charge on any atom is -0.497 e. The van der Waals surface area contributed by atoms with Crippen LogP contribution in [0, 0.1) is 0 Å². The Morgan fingerprint density at radius 1 is 1.33 bits per heavy atom. The van der Waals surface area contributed by atoms with Gasteiger partial charge in [0, 0.05) is 37.6 Å². The minimum atomic E-state index is -0.939. The van der Waals surface area contributed by atoms with Gasteiger partial charge < -0.3 is 15.2 Å². The van der Waals surface area contributed by atoms with E-state index in [0.29, 0.717) is 5.95 Å². The van der Waals surface area contributed by atoms with Gasteiger partial charge in [-0.05, 0) is 29.7 Å². The van der Waals surface area contributed by atoms with Gasteiger partial charge in [0.05, 0.1) is 7.11 Å². The summed E-state index contributed by atoms with van der Waals surface area (Å²) < 4.78 is 5.28. The fourth-order valence-electron chi connectivity index (χ4n) is 2.79. The molecule has 0 spiro atoms. The third kappa shape index (κ3) is 3.99. The number of nitrogens with zero attached hydrogens (tertiary/aromatic N) is 3. The first-order valence-electron chi connectivity index (χ1n) is 7.79. The van der Waals surface area contributed by atoms with E-state index in [0.717, 1.165) is 37.4 Å². The van der Waals surface area contributed by atoms with E-state index in [9.17, 15) is 4.79 Å². The molecule has 0 unspecified atom stereocenters. The molecule has 2 aromatic rings. The van der Waals surface area contributed by atoms with Gasteiger partial charge in [-0.3, -0.25) is 9.69 Å². The molecule has 1 aromatic heterocycles. The number of aromatic nitrogens is 2. The second kappa shape index (κ2) is 7.27. The number of carboxylic acids is 1. The maximum absolute atomic E-state index is 10.5. The van der Waals surface area contributed by atoms with E-state index in [1.165, 1.54) is 11.1 Å². The predicted molar refractivity (Wildman–Crippen MR) is 89.0 cm³/mol. The van der Waals surface area contributed by atoms with Crippen LogP contribution >= 0.6 is 0 Å². The SMILES string of the molecule is COc1ccc2c(c1)CCN(Cc1cnc(NCC(=O)O)nc1)C2. The average molecular weight is 328 g/mol. The molecule has 0 bridgehead atoms. The van der Waals surface area contributed by atoms with Gasteiger partial charge in [-0.2, -0.15) is 0 Å². The third-order valence-corrected chi connectivity index (χ3v) is 4.01. The first-order valence-corrected chi connectivity index (χ1v) is 7.79. The topological polar surface area (TPSA) is 87.6 Å². The van der Waals surface area contributed by atoms with Crippen LogP contribution in [0.5, 0.6) is 5.75 Å². The van der Waals surface area contributed by atoms with Gasteiger partial charge in [0.25, 0.3) is 0 Å². The summed E-state index contributed by atoms with van der Waals surface area (Å²) in [5, 5.41) is 11.3. The summed E-state index contributed by atoms with van der Waals surface area (Å²) in [6.45, 7) is 2.44. The van der Waals surface area contributed by atoms with E-state index in [4.69, 9.17) is 9.84 Å². The maximum atomic E-state index is 10.5. The molecule has 1 aliphatic heterocycles. The first kappa shape index (κ1) is 16.2. The molecule has 2 heterocycles. The van der Waals surface area contributed by atoms with Gasteiger partial charge in [-0.15, -0.1) is 0 Å². The van der Waals surface area contributed by atoms with Crippen molar-refractivity contribution in [1.82, 2.24) is 14.9 Å². The van der Waals surface area contributed by atoms with Crippen molar-refractivity contribution in [2.45, 2.75) is 19.5 Å². The summed E-state index contributed by atoms with van der Waals surface area (Å²) in [4.78, 5) is 21.2. The highest BCUT2D eigenvalue weighted by molar-refractivity contribution is 5.71. The summed E-state index contributed by atoms with van der Waals surface area (Å²) in [6.07, 6.45) is 4.47. The van der Waals surface area contributed by atoms with Gasteiger partial charge >= 0.3 is 5.97 Å². The zero-order valence-electron chi connectivity index (χ0n) is 13.5. The van der Waals surface area contributed by atoms with E-state index in [1.807, 2.05) is 6.07 Å². The molecule has 3 rings (SSSR count). The molecule has 0 aliphatic carbocycles. The Hall–Kier alpha value is -2.67. The van der Waals surface area contributed by atoms with Gasteiger partial charge in [-0.25, -0.2) is 9.97 Å². The first-order chi connectivity index (χ1) is 11.6. The zero-order valence-corrected chi connectivity index (χ0v) is 13.5. The van der Waals surface area contributed by atoms with E-state index in [2.05, 4.69) is 32.3 Å². The standard InChI is InChI=1S/C17H20N4O3/c1-24-15-3-2-14-11-21(5-4-13(14)6-15)10-12-7-18-17(19-8-12)20-9-16(22)23/h2-3,6-8H,4-5,9-11H2,1H3,(H,22,23)(H,18,19,20). The lowest BCUT2D eigenvalue weighted by Gasteiger charge is -2.28. The van der Waals surface area contributed by atoms with Crippen LogP contribution in [0.1, 0.15) is 16.7 Å². The molecule has 0 radical (unpaired) electrons. The number of fused-ring (bicyclic) bond motifs is 1. The normalized spacial score (nSPS) is 14.0. The monoisotopic (exact) mass is 328 g/mol. The fraction of sp³-hybridized carbons (Fsp3) is 0.353. The Kier molecular flexibility index (Phi) is 4.90. The molecular weight excluding hydrogens is 308 g/mol. The number of rotatable bonds is 6. The van der Waals surface area contributed by atoms with E-state index in [-0.39, 0.29) is 6.54 Å². The molecule has 1 aliphatic rings.